The number of aliphatic hydroxyl groups excluding tert-OH is 2. The highest BCUT2D eigenvalue weighted by Gasteiger charge is 2.78. The number of likely N-dealkylation sites (N-methyl/N-ethyl adjacent to an activating group) is 1. The standard InChI is InChI=1S/C52H72N6O9/c1-7-48(64)25-32-26-50(30-66-31-60,41-35(15-20-57(27-32)29-48)34-13-9-10-14-38(34)55-41)36-24-37-39(23-33(36)28-59)56(6)44-51(37)17-21-58-19-11-16-49(8-2,43(51)58)45(62)52(44,65)46(63)54-18-12-22-67-42(61)40(53)47(3,4)5/h9-11,13-14,16,23-24,31-32,40,43-45,55,59,62,64-65H,7-8,12,15,17-22,25-30,53H2,1-6H3,(H,54,63)/t32?,40?,43?,44?,45-,48?,49-,50+,51-,52+/m1/s1. The maximum atomic E-state index is 15.0. The molecule has 6 heterocycles. The minimum Gasteiger partial charge on any atom is -0.467 e. The van der Waals surface area contributed by atoms with Crippen LogP contribution in [0, 0.1) is 16.7 Å². The van der Waals surface area contributed by atoms with Gasteiger partial charge in [0.15, 0.2) is 5.60 Å². The smallest absolute Gasteiger partial charge is 0.323 e. The van der Waals surface area contributed by atoms with Crippen LogP contribution >= 0.6 is 0 Å². The summed E-state index contributed by atoms with van der Waals surface area (Å²) < 4.78 is 11.5. The zero-order chi connectivity index (χ0) is 47.9. The van der Waals surface area contributed by atoms with E-state index in [1.165, 1.54) is 0 Å². The predicted octanol–water partition coefficient (Wildman–Crippen LogP) is 3.15. The zero-order valence-electron chi connectivity index (χ0n) is 40.1. The molecule has 15 nitrogen and oxygen atoms in total. The van der Waals surface area contributed by atoms with Crippen LogP contribution in [0.25, 0.3) is 10.9 Å². The second kappa shape index (κ2) is 17.3. The van der Waals surface area contributed by atoms with E-state index in [0.29, 0.717) is 70.2 Å². The van der Waals surface area contributed by atoms with Gasteiger partial charge in [-0.1, -0.05) is 71.0 Å². The number of aromatic nitrogens is 1. The zero-order valence-corrected chi connectivity index (χ0v) is 40.1. The largest absolute Gasteiger partial charge is 0.467 e. The monoisotopic (exact) mass is 925 g/mol. The molecule has 15 heteroatoms. The average molecular weight is 925 g/mol. The molecule has 1 saturated carbocycles. The summed E-state index contributed by atoms with van der Waals surface area (Å²) in [4.78, 5) is 50.7. The fraction of sp³-hybridized carbons (Fsp3) is 0.635. The lowest BCUT2D eigenvalue weighted by Crippen LogP contribution is -2.81. The van der Waals surface area contributed by atoms with Crippen LogP contribution in [0.2, 0.25) is 0 Å². The van der Waals surface area contributed by atoms with Crippen molar-refractivity contribution >= 4 is 34.9 Å². The summed E-state index contributed by atoms with van der Waals surface area (Å²) in [6, 6.07) is 10.3. The Morgan fingerprint density at radius 2 is 1.85 bits per heavy atom. The molecule has 2 aromatic carbocycles. The van der Waals surface area contributed by atoms with Crippen LogP contribution in [0.3, 0.4) is 0 Å². The number of esters is 1. The van der Waals surface area contributed by atoms with Crippen molar-refractivity contribution in [3.63, 3.8) is 0 Å². The Bertz CT molecular complexity index is 2430. The van der Waals surface area contributed by atoms with E-state index in [1.54, 1.807) is 0 Å². The van der Waals surface area contributed by atoms with Gasteiger partial charge < -0.3 is 50.8 Å². The molecule has 364 valence electrons. The van der Waals surface area contributed by atoms with E-state index < -0.39 is 62.9 Å². The molecule has 6 aliphatic rings. The highest BCUT2D eigenvalue weighted by Crippen LogP contribution is 2.67. The minimum atomic E-state index is -2.33. The summed E-state index contributed by atoms with van der Waals surface area (Å²) in [5, 5.41) is 54.0. The fourth-order valence-corrected chi connectivity index (χ4v) is 14.2. The highest BCUT2D eigenvalue weighted by atomic mass is 16.5. The predicted molar refractivity (Wildman–Crippen MR) is 254 cm³/mol. The molecule has 0 radical (unpaired) electrons. The average Bonchev–Trinajstić information content (AvgIpc) is 3.97. The summed E-state index contributed by atoms with van der Waals surface area (Å²) in [5.41, 5.74) is 5.45. The van der Waals surface area contributed by atoms with Gasteiger partial charge in [0, 0.05) is 78.9 Å². The van der Waals surface area contributed by atoms with Crippen molar-refractivity contribution in [3.05, 3.63) is 76.5 Å². The quantitative estimate of drug-likeness (QED) is 0.0569. The summed E-state index contributed by atoms with van der Waals surface area (Å²) in [6.45, 7) is 13.2. The SMILES string of the molecule is CCC1(O)CC2C[N@](CCc3c([nH]c4ccccc34)[C@@](COC=O)(c3cc4c(cc3CO)N(C)C3[C@]45CCN4CC=C[C@](CC)(C45)[C@@H](O)[C@]3(O)C(=O)NCCCOC(=O)C(N)C(C)(C)C)C2)C1. The Labute approximate surface area is 394 Å². The van der Waals surface area contributed by atoms with E-state index in [4.69, 9.17) is 15.2 Å². The number of aliphatic hydroxyl groups is 4. The number of carbonyl (C=O) groups excluding carboxylic acids is 3. The van der Waals surface area contributed by atoms with E-state index in [0.717, 1.165) is 52.1 Å². The number of hydrogen-bond donors (Lipinski definition) is 7. The van der Waals surface area contributed by atoms with Crippen molar-refractivity contribution in [2.75, 3.05) is 64.4 Å². The molecule has 5 unspecified atom stereocenters. The molecule has 3 fully saturated rings. The Balaban J connectivity index is 1.20. The number of hydrogen-bond acceptors (Lipinski definition) is 13. The van der Waals surface area contributed by atoms with Crippen LogP contribution in [-0.2, 0) is 47.7 Å². The molecular formula is C52H72N6O9. The molecule has 9 rings (SSSR count). The number of para-hydroxylation sites is 1. The number of fused-ring (bicyclic) bond motifs is 6. The van der Waals surface area contributed by atoms with Gasteiger partial charge in [0.2, 0.25) is 0 Å². The molecule has 1 aliphatic carbocycles. The normalized spacial score (nSPS) is 34.8. The maximum absolute atomic E-state index is 15.0. The van der Waals surface area contributed by atoms with Crippen molar-refractivity contribution < 1.29 is 44.3 Å². The molecule has 1 aromatic heterocycles. The second-order valence-corrected chi connectivity index (χ2v) is 22.0. The van der Waals surface area contributed by atoms with Crippen LogP contribution in [0.1, 0.15) is 101 Å². The van der Waals surface area contributed by atoms with Gasteiger partial charge in [-0.2, -0.15) is 0 Å². The van der Waals surface area contributed by atoms with Crippen LogP contribution in [0.5, 0.6) is 0 Å². The fourth-order valence-electron chi connectivity index (χ4n) is 14.2. The van der Waals surface area contributed by atoms with E-state index in [9.17, 15) is 34.8 Å². The van der Waals surface area contributed by atoms with Crippen molar-refractivity contribution in [1.82, 2.24) is 20.1 Å². The number of H-pyrrole nitrogens is 1. The number of rotatable bonds is 13. The van der Waals surface area contributed by atoms with Gasteiger partial charge in [-0.15, -0.1) is 0 Å². The van der Waals surface area contributed by atoms with Crippen molar-refractivity contribution in [2.45, 2.75) is 132 Å². The van der Waals surface area contributed by atoms with Gasteiger partial charge >= 0.3 is 5.97 Å². The number of aromatic amines is 1. The number of nitrogens with zero attached hydrogens (tertiary/aromatic N) is 3. The maximum Gasteiger partial charge on any atom is 0.323 e. The van der Waals surface area contributed by atoms with Gasteiger partial charge in [-0.3, -0.25) is 24.2 Å². The number of amides is 1. The van der Waals surface area contributed by atoms with Gasteiger partial charge in [0.25, 0.3) is 12.4 Å². The molecule has 2 saturated heterocycles. The van der Waals surface area contributed by atoms with E-state index in [-0.39, 0.29) is 44.7 Å². The Hall–Kier alpha value is -4.35. The Morgan fingerprint density at radius 3 is 2.57 bits per heavy atom. The van der Waals surface area contributed by atoms with E-state index >= 15 is 0 Å². The number of benzene rings is 2. The first-order valence-electron chi connectivity index (χ1n) is 24.5. The van der Waals surface area contributed by atoms with Crippen molar-refractivity contribution in [3.8, 4) is 0 Å². The number of carbonyl (C=O) groups is 3. The molecule has 5 aliphatic heterocycles. The van der Waals surface area contributed by atoms with E-state index in [2.05, 4.69) is 38.3 Å². The lowest BCUT2D eigenvalue weighted by Gasteiger charge is -2.63. The van der Waals surface area contributed by atoms with Crippen LogP contribution < -0.4 is 16.0 Å². The topological polar surface area (TPSA) is 214 Å². The van der Waals surface area contributed by atoms with Gasteiger partial charge in [-0.05, 0) is 97.2 Å². The Kier molecular flexibility index (Phi) is 12.3. The van der Waals surface area contributed by atoms with E-state index in [1.807, 2.05) is 76.9 Å². The Morgan fingerprint density at radius 1 is 1.07 bits per heavy atom. The first kappa shape index (κ1) is 47.7. The number of nitrogens with two attached hydrogens (primary N) is 1. The van der Waals surface area contributed by atoms with Gasteiger partial charge in [-0.25, -0.2) is 0 Å². The highest BCUT2D eigenvalue weighted by molar-refractivity contribution is 5.91. The third kappa shape index (κ3) is 7.19. The van der Waals surface area contributed by atoms with Crippen LogP contribution in [0.15, 0.2) is 48.6 Å². The summed E-state index contributed by atoms with van der Waals surface area (Å²) in [5.74, 6) is -1.26. The molecule has 1 spiro atoms. The number of piperidine rings is 1. The first-order valence-corrected chi connectivity index (χ1v) is 24.5. The molecule has 2 bridgehead atoms. The summed E-state index contributed by atoms with van der Waals surface area (Å²) in [6.07, 6.45) is 6.16. The summed E-state index contributed by atoms with van der Waals surface area (Å²) >= 11 is 0. The number of ether oxygens (including phenoxy) is 2. The summed E-state index contributed by atoms with van der Waals surface area (Å²) in [7, 11) is 1.87. The van der Waals surface area contributed by atoms with Crippen molar-refractivity contribution in [2.24, 2.45) is 22.5 Å². The third-order valence-corrected chi connectivity index (χ3v) is 17.3. The number of nitrogens with one attached hydrogen (secondary N) is 2. The molecule has 8 N–H and O–H groups in total. The van der Waals surface area contributed by atoms with Crippen LogP contribution in [-0.4, -0.2) is 149 Å². The van der Waals surface area contributed by atoms with Gasteiger partial charge in [0.05, 0.1) is 30.3 Å². The molecule has 11 atom stereocenters. The molecule has 1 amide bonds. The lowest BCUT2D eigenvalue weighted by molar-refractivity contribution is -0.203. The van der Waals surface area contributed by atoms with Crippen LogP contribution in [0.4, 0.5) is 5.69 Å². The minimum absolute atomic E-state index is 0.0121. The molecular weight excluding hydrogens is 853 g/mol. The third-order valence-electron chi connectivity index (χ3n) is 17.3. The van der Waals surface area contributed by atoms with Gasteiger partial charge in [0.1, 0.15) is 18.8 Å². The lowest BCUT2D eigenvalue weighted by atomic mass is 9.47. The molecule has 3 aromatic rings. The number of anilines is 1. The second-order valence-electron chi connectivity index (χ2n) is 22.0. The molecule has 67 heavy (non-hydrogen) atoms. The van der Waals surface area contributed by atoms with Crippen molar-refractivity contribution in [1.29, 1.82) is 0 Å². The first-order chi connectivity index (χ1) is 31.9.